The van der Waals surface area contributed by atoms with Gasteiger partial charge in [0.25, 0.3) is 0 Å². The quantitative estimate of drug-likeness (QED) is 0.150. The van der Waals surface area contributed by atoms with E-state index >= 15 is 0 Å². The number of anilines is 2. The minimum Gasteiger partial charge on any atom is -0.455 e. The first-order valence-electron chi connectivity index (χ1n) is 16.8. The van der Waals surface area contributed by atoms with Gasteiger partial charge in [-0.3, -0.25) is 15.0 Å². The van der Waals surface area contributed by atoms with Crippen LogP contribution in [0.4, 0.5) is 11.4 Å². The number of hydrogen-bond acceptors (Lipinski definition) is 6. The molecule has 0 atom stereocenters. The lowest BCUT2D eigenvalue weighted by atomic mass is 10.0. The highest BCUT2D eigenvalue weighted by atomic mass is 16.5. The van der Waals surface area contributed by atoms with Gasteiger partial charge in [0, 0.05) is 51.3 Å². The average Bonchev–Trinajstić information content (AvgIpc) is 3.14. The van der Waals surface area contributed by atoms with Crippen molar-refractivity contribution in [1.29, 1.82) is 0 Å². The second kappa shape index (κ2) is 16.1. The topological polar surface area (TPSA) is 91.1 Å². The summed E-state index contributed by atoms with van der Waals surface area (Å²) in [6, 6.07) is 42.1. The van der Waals surface area contributed by atoms with Gasteiger partial charge in [0.05, 0.1) is 12.2 Å². The predicted octanol–water partition coefficient (Wildman–Crippen LogP) is 7.08. The van der Waals surface area contributed by atoms with Crippen LogP contribution in [-0.4, -0.2) is 43.0 Å². The van der Waals surface area contributed by atoms with E-state index in [1.165, 1.54) is 11.3 Å². The standard InChI is InChI=1S/C41H43N5O3/c1-31-14-18-34(19-15-31)35-20-16-32(17-21-35)30-46(38-12-5-6-13-39(38)49-37-11-7-8-33(28-37)29-42)41(48)23-22-40(47)43-45-26-24-44(25-27-45)36-9-3-2-4-10-36/h2-21,28H,22-27,29-30,42H2,1H3,(H,43,47). The van der Waals surface area contributed by atoms with Crippen LogP contribution < -0.4 is 25.7 Å². The van der Waals surface area contributed by atoms with Crippen LogP contribution in [0.2, 0.25) is 0 Å². The Bertz CT molecular complexity index is 1840. The van der Waals surface area contributed by atoms with Crippen LogP contribution in [0.1, 0.15) is 29.5 Å². The van der Waals surface area contributed by atoms with Crippen LogP contribution in [0, 0.1) is 6.92 Å². The first-order valence-corrected chi connectivity index (χ1v) is 16.8. The summed E-state index contributed by atoms with van der Waals surface area (Å²) in [5, 5.41) is 1.94. The van der Waals surface area contributed by atoms with Gasteiger partial charge in [-0.2, -0.15) is 0 Å². The van der Waals surface area contributed by atoms with Crippen molar-refractivity contribution < 1.29 is 14.3 Å². The summed E-state index contributed by atoms with van der Waals surface area (Å²) in [7, 11) is 0. The molecule has 49 heavy (non-hydrogen) atoms. The van der Waals surface area contributed by atoms with Crippen molar-refractivity contribution in [3.63, 3.8) is 0 Å². The number of para-hydroxylation sites is 3. The first-order chi connectivity index (χ1) is 23.9. The molecule has 1 aliphatic rings. The molecule has 250 valence electrons. The Morgan fingerprint density at radius 2 is 1.41 bits per heavy atom. The minimum absolute atomic E-state index is 0.0499. The summed E-state index contributed by atoms with van der Waals surface area (Å²) in [6.07, 6.45) is 0.121. The van der Waals surface area contributed by atoms with E-state index in [1.807, 2.05) is 83.9 Å². The Morgan fingerprint density at radius 1 is 0.735 bits per heavy atom. The molecule has 0 unspecified atom stereocenters. The number of nitrogens with zero attached hydrogens (tertiary/aromatic N) is 3. The number of amides is 2. The number of carbonyl (C=O) groups excluding carboxylic acids is 2. The van der Waals surface area contributed by atoms with Gasteiger partial charge >= 0.3 is 0 Å². The molecule has 6 rings (SSSR count). The minimum atomic E-state index is -0.174. The zero-order valence-electron chi connectivity index (χ0n) is 27.9. The number of aryl methyl sites for hydroxylation is 1. The number of hydrogen-bond donors (Lipinski definition) is 2. The van der Waals surface area contributed by atoms with Gasteiger partial charge in [0.1, 0.15) is 5.75 Å². The highest BCUT2D eigenvalue weighted by Gasteiger charge is 2.23. The zero-order valence-corrected chi connectivity index (χ0v) is 27.9. The molecule has 0 saturated carbocycles. The van der Waals surface area contributed by atoms with Crippen molar-refractivity contribution in [2.45, 2.75) is 32.9 Å². The van der Waals surface area contributed by atoms with Crippen LogP contribution in [0.3, 0.4) is 0 Å². The highest BCUT2D eigenvalue weighted by molar-refractivity contribution is 5.96. The monoisotopic (exact) mass is 653 g/mol. The van der Waals surface area contributed by atoms with Crippen LogP contribution in [-0.2, 0) is 22.7 Å². The maximum absolute atomic E-state index is 14.0. The van der Waals surface area contributed by atoms with Crippen LogP contribution >= 0.6 is 0 Å². The molecule has 8 heteroatoms. The van der Waals surface area contributed by atoms with Crippen LogP contribution in [0.25, 0.3) is 11.1 Å². The Morgan fingerprint density at radius 3 is 2.12 bits per heavy atom. The van der Waals surface area contributed by atoms with Gasteiger partial charge < -0.3 is 20.3 Å². The number of carbonyl (C=O) groups is 2. The normalized spacial score (nSPS) is 13.1. The van der Waals surface area contributed by atoms with Gasteiger partial charge in [-0.25, -0.2) is 5.01 Å². The summed E-state index contributed by atoms with van der Waals surface area (Å²) in [6.45, 7) is 5.82. The lowest BCUT2D eigenvalue weighted by Gasteiger charge is -2.36. The number of nitrogens with two attached hydrogens (primary N) is 1. The van der Waals surface area contributed by atoms with Crippen LogP contribution in [0.5, 0.6) is 11.5 Å². The Labute approximate surface area is 288 Å². The Kier molecular flexibility index (Phi) is 11.0. The van der Waals surface area contributed by atoms with Gasteiger partial charge in [-0.1, -0.05) is 96.6 Å². The predicted molar refractivity (Wildman–Crippen MR) is 196 cm³/mol. The summed E-state index contributed by atoms with van der Waals surface area (Å²) in [5.74, 6) is 0.837. The van der Waals surface area contributed by atoms with Crippen molar-refractivity contribution in [3.8, 4) is 22.6 Å². The van der Waals surface area contributed by atoms with Crippen molar-refractivity contribution in [2.24, 2.45) is 5.73 Å². The molecule has 0 aliphatic carbocycles. The lowest BCUT2D eigenvalue weighted by Crippen LogP contribution is -2.53. The third-order valence-corrected chi connectivity index (χ3v) is 8.75. The molecule has 1 fully saturated rings. The van der Waals surface area contributed by atoms with Crippen molar-refractivity contribution >= 4 is 23.2 Å². The van der Waals surface area contributed by atoms with Crippen molar-refractivity contribution in [3.05, 3.63) is 144 Å². The maximum Gasteiger partial charge on any atom is 0.234 e. The summed E-state index contributed by atoms with van der Waals surface area (Å²) < 4.78 is 6.33. The Balaban J connectivity index is 1.16. The first kappa shape index (κ1) is 33.5. The highest BCUT2D eigenvalue weighted by Crippen LogP contribution is 2.34. The van der Waals surface area contributed by atoms with E-state index in [-0.39, 0.29) is 24.7 Å². The molecule has 5 aromatic carbocycles. The fraction of sp³-hybridized carbons (Fsp3) is 0.220. The molecule has 0 bridgehead atoms. The summed E-state index contributed by atoms with van der Waals surface area (Å²) >= 11 is 0. The maximum atomic E-state index is 14.0. The molecular weight excluding hydrogens is 610 g/mol. The number of rotatable bonds is 12. The molecule has 5 aromatic rings. The van der Waals surface area contributed by atoms with E-state index in [1.54, 1.807) is 4.90 Å². The Hall–Kier alpha value is -5.44. The molecular formula is C41H43N5O3. The van der Waals surface area contributed by atoms with Crippen molar-refractivity contribution in [2.75, 3.05) is 36.0 Å². The van der Waals surface area contributed by atoms with E-state index in [9.17, 15) is 9.59 Å². The average molecular weight is 654 g/mol. The molecule has 0 spiro atoms. The van der Waals surface area contributed by atoms with E-state index in [0.29, 0.717) is 43.4 Å². The zero-order chi connectivity index (χ0) is 34.0. The molecule has 1 saturated heterocycles. The smallest absolute Gasteiger partial charge is 0.234 e. The lowest BCUT2D eigenvalue weighted by molar-refractivity contribution is -0.128. The third kappa shape index (κ3) is 8.93. The SMILES string of the molecule is Cc1ccc(-c2ccc(CN(C(=O)CCC(=O)NN3CCN(c4ccccc4)CC3)c3ccccc3Oc3cccc(CN)c3)cc2)cc1. The molecule has 2 amide bonds. The van der Waals surface area contributed by atoms with Gasteiger partial charge in [-0.15, -0.1) is 0 Å². The number of hydrazine groups is 1. The van der Waals surface area contributed by atoms with E-state index in [2.05, 4.69) is 65.8 Å². The summed E-state index contributed by atoms with van der Waals surface area (Å²) in [5.41, 5.74) is 16.1. The van der Waals surface area contributed by atoms with E-state index in [0.717, 1.165) is 35.3 Å². The molecule has 3 N–H and O–H groups in total. The van der Waals surface area contributed by atoms with Gasteiger partial charge in [-0.05, 0) is 65.6 Å². The number of benzene rings is 5. The number of ether oxygens (including phenoxy) is 1. The molecule has 1 aliphatic heterocycles. The fourth-order valence-electron chi connectivity index (χ4n) is 5.97. The second-order valence-electron chi connectivity index (χ2n) is 12.3. The molecule has 1 heterocycles. The number of nitrogens with one attached hydrogen (secondary N) is 1. The van der Waals surface area contributed by atoms with Gasteiger partial charge in [0.15, 0.2) is 5.75 Å². The molecule has 0 aromatic heterocycles. The van der Waals surface area contributed by atoms with E-state index < -0.39 is 0 Å². The third-order valence-electron chi connectivity index (χ3n) is 8.75. The molecule has 8 nitrogen and oxygen atoms in total. The van der Waals surface area contributed by atoms with Gasteiger partial charge in [0.2, 0.25) is 11.8 Å². The second-order valence-corrected chi connectivity index (χ2v) is 12.3. The number of piperazine rings is 1. The fourth-order valence-corrected chi connectivity index (χ4v) is 5.97. The largest absolute Gasteiger partial charge is 0.455 e. The van der Waals surface area contributed by atoms with Crippen molar-refractivity contribution in [1.82, 2.24) is 10.4 Å². The summed E-state index contributed by atoms with van der Waals surface area (Å²) in [4.78, 5) is 31.1. The van der Waals surface area contributed by atoms with E-state index in [4.69, 9.17) is 10.5 Å². The van der Waals surface area contributed by atoms with Crippen LogP contribution in [0.15, 0.2) is 127 Å². The molecule has 0 radical (unpaired) electrons.